The minimum atomic E-state index is -0.412. The van der Waals surface area contributed by atoms with Crippen LogP contribution in [0.3, 0.4) is 0 Å². The molecule has 0 fully saturated rings. The molecule has 0 saturated heterocycles. The van der Waals surface area contributed by atoms with E-state index in [4.69, 9.17) is 10.2 Å². The molecule has 37 heavy (non-hydrogen) atoms. The number of fused-ring (bicyclic) bond motifs is 2. The molecule has 0 aliphatic heterocycles. The number of phenolic OH excluding ortho intramolecular Hbond substituents is 2. The fourth-order valence-electron chi connectivity index (χ4n) is 3.63. The van der Waals surface area contributed by atoms with Gasteiger partial charge in [-0.3, -0.25) is 12.2 Å². The van der Waals surface area contributed by atoms with E-state index in [1.54, 1.807) is 0 Å². The van der Waals surface area contributed by atoms with Gasteiger partial charge in [-0.2, -0.15) is 11.1 Å². The van der Waals surface area contributed by atoms with Gasteiger partial charge in [0.1, 0.15) is 23.1 Å². The van der Waals surface area contributed by atoms with E-state index in [1.165, 1.54) is 58.7 Å². The van der Waals surface area contributed by atoms with Crippen LogP contribution in [-0.2, 0) is 26.2 Å². The summed E-state index contributed by atoms with van der Waals surface area (Å²) in [4.78, 5) is 0. The van der Waals surface area contributed by atoms with Crippen molar-refractivity contribution < 1.29 is 45.2 Å². The Morgan fingerprint density at radius 2 is 0.946 bits per heavy atom. The summed E-state index contributed by atoms with van der Waals surface area (Å²) in [6.45, 7) is 4.34. The number of halogens is 2. The topological polar surface area (TPSA) is 40.5 Å². The van der Waals surface area contributed by atoms with Gasteiger partial charge in [0.15, 0.2) is 0 Å². The van der Waals surface area contributed by atoms with Gasteiger partial charge in [0, 0.05) is 12.1 Å². The smallest absolute Gasteiger partial charge is 0.508 e. The summed E-state index contributed by atoms with van der Waals surface area (Å²) in [7, 11) is 0. The van der Waals surface area contributed by atoms with Crippen molar-refractivity contribution in [3.8, 4) is 11.5 Å². The summed E-state index contributed by atoms with van der Waals surface area (Å²) < 4.78 is 24.0. The van der Waals surface area contributed by atoms with E-state index in [0.29, 0.717) is 11.8 Å². The molecule has 2 N–H and O–H groups in total. The molecule has 6 rings (SSSR count). The second-order valence-corrected chi connectivity index (χ2v) is 8.28. The Hall–Kier alpha value is -3.30. The first kappa shape index (κ1) is 29.9. The second kappa shape index (κ2) is 15.1. The van der Waals surface area contributed by atoms with Crippen LogP contribution < -0.4 is 0 Å². The minimum Gasteiger partial charge on any atom is -0.508 e. The molecular formula is C32H28F2O2Zr. The number of allylic oxidation sites excluding steroid dienone is 2. The quantitative estimate of drug-likeness (QED) is 0.208. The monoisotopic (exact) mass is 572 g/mol. The molecule has 2 nitrogen and oxygen atoms in total. The first-order valence-corrected chi connectivity index (χ1v) is 11.6. The van der Waals surface area contributed by atoms with E-state index >= 15 is 0 Å². The molecule has 0 radical (unpaired) electrons. The predicted octanol–water partition coefficient (Wildman–Crippen LogP) is 8.30. The number of rotatable bonds is 0. The third-order valence-corrected chi connectivity index (χ3v) is 5.52. The van der Waals surface area contributed by atoms with Gasteiger partial charge in [0.05, 0.1) is 0 Å². The molecule has 2 aliphatic rings. The van der Waals surface area contributed by atoms with Gasteiger partial charge in [-0.05, 0) is 24.3 Å². The van der Waals surface area contributed by atoms with Crippen LogP contribution in [-0.4, -0.2) is 10.2 Å². The molecule has 0 spiro atoms. The number of aromatic hydroxyl groups is 2. The van der Waals surface area contributed by atoms with Crippen LogP contribution in [0.5, 0.6) is 11.5 Å². The van der Waals surface area contributed by atoms with E-state index in [-0.39, 0.29) is 37.7 Å². The Bertz CT molecular complexity index is 1200. The first-order chi connectivity index (χ1) is 17.3. The predicted molar refractivity (Wildman–Crippen MR) is 141 cm³/mol. The van der Waals surface area contributed by atoms with Crippen molar-refractivity contribution in [2.45, 2.75) is 25.7 Å². The normalized spacial score (nSPS) is 15.4. The van der Waals surface area contributed by atoms with Crippen molar-refractivity contribution in [3.05, 3.63) is 143 Å². The maximum absolute atomic E-state index is 12.0. The molecule has 0 aromatic heterocycles. The summed E-state index contributed by atoms with van der Waals surface area (Å²) in [5, 5.41) is 17.1. The standard InChI is InChI=1S/2C10H9.2C6H5FO.Zr/c2*1-8-6-7-9-4-2-3-5-10(8)9;2*7-5-2-1-3-6(8)4-5;/h2*2-5,7-8H,1H3;2*1-4,8H;/q2*-1;;;+2. The molecular weight excluding hydrogens is 546 g/mol. The molecule has 4 aromatic rings. The zero-order valence-electron chi connectivity index (χ0n) is 20.7. The average molecular weight is 574 g/mol. The fraction of sp³-hybridized carbons (Fsp3) is 0.125. The van der Waals surface area contributed by atoms with Crippen molar-refractivity contribution in [1.82, 2.24) is 0 Å². The Balaban J connectivity index is 0.000000173. The van der Waals surface area contributed by atoms with Crippen molar-refractivity contribution in [2.75, 3.05) is 0 Å². The van der Waals surface area contributed by atoms with Gasteiger partial charge in [0.25, 0.3) is 0 Å². The van der Waals surface area contributed by atoms with Crippen molar-refractivity contribution >= 4 is 12.2 Å². The van der Waals surface area contributed by atoms with Crippen molar-refractivity contribution in [2.24, 2.45) is 0 Å². The first-order valence-electron chi connectivity index (χ1n) is 11.6. The van der Waals surface area contributed by atoms with Gasteiger partial charge in [0.2, 0.25) is 0 Å². The molecule has 5 heteroatoms. The van der Waals surface area contributed by atoms with Gasteiger partial charge < -0.3 is 10.2 Å². The summed E-state index contributed by atoms with van der Waals surface area (Å²) >= 11 is 0. The molecule has 0 heterocycles. The maximum atomic E-state index is 12.0. The zero-order valence-corrected chi connectivity index (χ0v) is 23.2. The Morgan fingerprint density at radius 3 is 1.24 bits per heavy atom. The molecule has 2 aliphatic carbocycles. The fourth-order valence-corrected chi connectivity index (χ4v) is 3.63. The van der Waals surface area contributed by atoms with E-state index in [9.17, 15) is 8.78 Å². The SMILES string of the molecule is CC1[C-]=Cc2ccccc21.CC1[C-]=Cc2ccccc21.Oc1cccc(F)c1.Oc1cccc(F)c1.[Zr+2]. The van der Waals surface area contributed by atoms with Crippen LogP contribution in [0.1, 0.15) is 47.9 Å². The Morgan fingerprint density at radius 1 is 0.568 bits per heavy atom. The minimum absolute atomic E-state index is 0. The van der Waals surface area contributed by atoms with E-state index < -0.39 is 11.6 Å². The molecule has 2 atom stereocenters. The van der Waals surface area contributed by atoms with Crippen LogP contribution in [0.25, 0.3) is 12.2 Å². The van der Waals surface area contributed by atoms with Crippen LogP contribution in [0.4, 0.5) is 8.78 Å². The zero-order chi connectivity index (χ0) is 25.9. The summed E-state index contributed by atoms with van der Waals surface area (Å²) in [5.74, 6) is 0.0948. The molecule has 0 saturated carbocycles. The summed E-state index contributed by atoms with van der Waals surface area (Å²) in [6, 6.07) is 27.3. The Labute approximate surface area is 236 Å². The molecule has 0 amide bonds. The third kappa shape index (κ3) is 9.59. The second-order valence-electron chi connectivity index (χ2n) is 8.28. The summed E-state index contributed by atoms with van der Waals surface area (Å²) in [5.41, 5.74) is 5.47. The average Bonchev–Trinajstić information content (AvgIpc) is 3.43. The third-order valence-electron chi connectivity index (χ3n) is 5.52. The number of hydrogen-bond donors (Lipinski definition) is 2. The van der Waals surface area contributed by atoms with E-state index in [0.717, 1.165) is 12.1 Å². The van der Waals surface area contributed by atoms with Gasteiger partial charge >= 0.3 is 26.2 Å². The number of benzene rings is 4. The maximum Gasteiger partial charge on any atom is 2.00 e. The summed E-state index contributed by atoms with van der Waals surface area (Å²) in [6.07, 6.45) is 10.7. The largest absolute Gasteiger partial charge is 2.00 e. The molecule has 2 unspecified atom stereocenters. The number of hydrogen-bond acceptors (Lipinski definition) is 2. The van der Waals surface area contributed by atoms with Crippen molar-refractivity contribution in [1.29, 1.82) is 0 Å². The molecule has 0 bridgehead atoms. The molecule has 4 aromatic carbocycles. The van der Waals surface area contributed by atoms with Crippen LogP contribution in [0, 0.1) is 23.8 Å². The van der Waals surface area contributed by atoms with Crippen molar-refractivity contribution in [3.63, 3.8) is 0 Å². The Kier molecular flexibility index (Phi) is 12.2. The van der Waals surface area contributed by atoms with Crippen LogP contribution in [0.2, 0.25) is 0 Å². The molecule has 186 valence electrons. The van der Waals surface area contributed by atoms with Crippen LogP contribution in [0.15, 0.2) is 97.1 Å². The van der Waals surface area contributed by atoms with E-state index in [2.05, 4.69) is 86.7 Å². The van der Waals surface area contributed by atoms with Gasteiger partial charge in [-0.25, -0.2) is 20.9 Å². The van der Waals surface area contributed by atoms with Gasteiger partial charge in [-0.15, -0.1) is 23.3 Å². The van der Waals surface area contributed by atoms with Crippen LogP contribution >= 0.6 is 0 Å². The van der Waals surface area contributed by atoms with Gasteiger partial charge in [-0.1, -0.05) is 74.2 Å². The number of phenols is 2. The van der Waals surface area contributed by atoms with E-state index in [1.807, 2.05) is 0 Å².